The highest BCUT2D eigenvalue weighted by atomic mass is 16.5. The van der Waals surface area contributed by atoms with E-state index in [2.05, 4.69) is 38.1 Å². The number of benzene rings is 3. The molecule has 0 radical (unpaired) electrons. The van der Waals surface area contributed by atoms with Crippen LogP contribution >= 0.6 is 0 Å². The van der Waals surface area contributed by atoms with Crippen LogP contribution in [0.5, 0.6) is 17.2 Å². The first-order valence-electron chi connectivity index (χ1n) is 10.7. The highest BCUT2D eigenvalue weighted by Gasteiger charge is 2.27. The van der Waals surface area contributed by atoms with Crippen LogP contribution in [0.25, 0.3) is 11.1 Å². The van der Waals surface area contributed by atoms with Gasteiger partial charge in [-0.05, 0) is 54.3 Å². The minimum atomic E-state index is -0.231. The fourth-order valence-electron chi connectivity index (χ4n) is 4.25. The minimum Gasteiger partial charge on any atom is -0.496 e. The summed E-state index contributed by atoms with van der Waals surface area (Å²) in [4.78, 5) is 11.6. The molecular weight excluding hydrogens is 404 g/mol. The van der Waals surface area contributed by atoms with E-state index in [1.807, 2.05) is 30.3 Å². The maximum Gasteiger partial charge on any atom is 0.306 e. The molecule has 5 heteroatoms. The van der Waals surface area contributed by atoms with E-state index in [0.717, 1.165) is 33.9 Å². The Kier molecular flexibility index (Phi) is 6.35. The Balaban J connectivity index is 1.52. The van der Waals surface area contributed by atoms with Gasteiger partial charge in [0.15, 0.2) is 0 Å². The molecule has 0 fully saturated rings. The quantitative estimate of drug-likeness (QED) is 0.455. The van der Waals surface area contributed by atoms with E-state index in [9.17, 15) is 4.79 Å². The lowest BCUT2D eigenvalue weighted by Gasteiger charge is -2.16. The third-order valence-electron chi connectivity index (χ3n) is 5.93. The van der Waals surface area contributed by atoms with Gasteiger partial charge >= 0.3 is 5.97 Å². The summed E-state index contributed by atoms with van der Waals surface area (Å²) in [6.07, 6.45) is 0.316. The summed E-state index contributed by atoms with van der Waals surface area (Å²) in [6.45, 7) is 5.13. The minimum absolute atomic E-state index is 0.0213. The normalized spacial score (nSPS) is 14.4. The van der Waals surface area contributed by atoms with E-state index in [1.54, 1.807) is 7.11 Å². The first kappa shape index (κ1) is 21.8. The lowest BCUT2D eigenvalue weighted by atomic mass is 9.94. The van der Waals surface area contributed by atoms with Gasteiger partial charge in [0.05, 0.1) is 27.2 Å². The predicted octanol–water partition coefficient (Wildman–Crippen LogP) is 5.60. The zero-order valence-corrected chi connectivity index (χ0v) is 18.9. The van der Waals surface area contributed by atoms with Gasteiger partial charge in [-0.15, -0.1) is 0 Å². The Morgan fingerprint density at radius 1 is 1.03 bits per heavy atom. The molecule has 4 rings (SSSR count). The molecule has 32 heavy (non-hydrogen) atoms. The van der Waals surface area contributed by atoms with Crippen LogP contribution in [0.4, 0.5) is 0 Å². The average molecular weight is 433 g/mol. The number of hydrogen-bond donors (Lipinski definition) is 0. The van der Waals surface area contributed by atoms with Gasteiger partial charge in [-0.3, -0.25) is 4.79 Å². The van der Waals surface area contributed by atoms with Gasteiger partial charge in [-0.1, -0.05) is 30.3 Å². The second kappa shape index (κ2) is 9.35. The van der Waals surface area contributed by atoms with Crippen molar-refractivity contribution in [2.45, 2.75) is 32.8 Å². The van der Waals surface area contributed by atoms with Crippen molar-refractivity contribution in [1.82, 2.24) is 0 Å². The summed E-state index contributed by atoms with van der Waals surface area (Å²) in [5.74, 6) is 2.13. The number of esters is 1. The molecule has 0 N–H and O–H groups in total. The molecule has 0 saturated heterocycles. The SMILES string of the molecule is COC(=O)CC1COc2cc(OCc3ccc(OC)c(-c4c(C)cccc4C)c3)ccc21. The van der Waals surface area contributed by atoms with Crippen molar-refractivity contribution >= 4 is 5.97 Å². The molecule has 0 amide bonds. The zero-order valence-electron chi connectivity index (χ0n) is 18.9. The third-order valence-corrected chi connectivity index (χ3v) is 5.93. The number of aryl methyl sites for hydroxylation is 2. The average Bonchev–Trinajstić information content (AvgIpc) is 3.19. The Hall–Kier alpha value is -3.47. The first-order chi connectivity index (χ1) is 15.5. The molecule has 1 unspecified atom stereocenters. The van der Waals surface area contributed by atoms with E-state index < -0.39 is 0 Å². The van der Waals surface area contributed by atoms with Crippen molar-refractivity contribution < 1.29 is 23.7 Å². The number of carbonyl (C=O) groups is 1. The Morgan fingerprint density at radius 3 is 2.53 bits per heavy atom. The van der Waals surface area contributed by atoms with Gasteiger partial charge in [0.2, 0.25) is 0 Å². The fourth-order valence-corrected chi connectivity index (χ4v) is 4.25. The van der Waals surface area contributed by atoms with Crippen molar-refractivity contribution in [2.75, 3.05) is 20.8 Å². The predicted molar refractivity (Wildman–Crippen MR) is 124 cm³/mol. The van der Waals surface area contributed by atoms with Crippen LogP contribution in [0, 0.1) is 13.8 Å². The number of rotatable bonds is 7. The highest BCUT2D eigenvalue weighted by Crippen LogP contribution is 2.39. The van der Waals surface area contributed by atoms with Gasteiger partial charge in [0.1, 0.15) is 23.9 Å². The molecule has 0 aliphatic carbocycles. The van der Waals surface area contributed by atoms with Gasteiger partial charge in [0, 0.05) is 23.1 Å². The molecule has 1 heterocycles. The second-order valence-electron chi connectivity index (χ2n) is 8.08. The van der Waals surface area contributed by atoms with Crippen molar-refractivity contribution in [1.29, 1.82) is 0 Å². The largest absolute Gasteiger partial charge is 0.496 e. The summed E-state index contributed by atoms with van der Waals surface area (Å²) in [7, 11) is 3.10. The topological polar surface area (TPSA) is 54.0 Å². The van der Waals surface area contributed by atoms with Crippen molar-refractivity contribution in [2.24, 2.45) is 0 Å². The molecule has 0 saturated carbocycles. The summed E-state index contributed by atoms with van der Waals surface area (Å²) < 4.78 is 22.3. The van der Waals surface area contributed by atoms with Crippen molar-refractivity contribution in [3.8, 4) is 28.4 Å². The molecule has 1 aliphatic rings. The van der Waals surface area contributed by atoms with Crippen LogP contribution in [0.15, 0.2) is 54.6 Å². The lowest BCUT2D eigenvalue weighted by Crippen LogP contribution is -2.09. The Morgan fingerprint density at radius 2 is 1.81 bits per heavy atom. The van der Waals surface area contributed by atoms with E-state index in [1.165, 1.54) is 23.8 Å². The van der Waals surface area contributed by atoms with Gasteiger partial charge in [-0.2, -0.15) is 0 Å². The van der Waals surface area contributed by atoms with E-state index in [0.29, 0.717) is 19.6 Å². The third kappa shape index (κ3) is 4.42. The number of hydrogen-bond acceptors (Lipinski definition) is 5. The van der Waals surface area contributed by atoms with E-state index in [4.69, 9.17) is 18.9 Å². The van der Waals surface area contributed by atoms with Crippen LogP contribution in [0.2, 0.25) is 0 Å². The van der Waals surface area contributed by atoms with Crippen LogP contribution < -0.4 is 14.2 Å². The summed E-state index contributed by atoms with van der Waals surface area (Å²) >= 11 is 0. The number of fused-ring (bicyclic) bond motifs is 1. The van der Waals surface area contributed by atoms with Crippen molar-refractivity contribution in [3.63, 3.8) is 0 Å². The van der Waals surface area contributed by atoms with Crippen LogP contribution in [0.1, 0.15) is 34.6 Å². The van der Waals surface area contributed by atoms with Crippen LogP contribution in [-0.2, 0) is 16.1 Å². The number of methoxy groups -OCH3 is 2. The molecule has 3 aromatic carbocycles. The zero-order chi connectivity index (χ0) is 22.7. The van der Waals surface area contributed by atoms with Crippen LogP contribution in [-0.4, -0.2) is 26.8 Å². The first-order valence-corrected chi connectivity index (χ1v) is 10.7. The monoisotopic (exact) mass is 432 g/mol. The molecular formula is C27H28O5. The number of ether oxygens (including phenoxy) is 4. The molecule has 166 valence electrons. The standard InChI is InChI=1S/C27H28O5/c1-17-6-5-7-18(2)27(17)23-12-19(8-11-24(23)29-3)15-31-21-9-10-22-20(13-26(28)30-4)16-32-25(22)14-21/h5-12,14,20H,13,15-16H2,1-4H3. The Bertz CT molecular complexity index is 1110. The molecule has 5 nitrogen and oxygen atoms in total. The van der Waals surface area contributed by atoms with E-state index >= 15 is 0 Å². The molecule has 0 aromatic heterocycles. The smallest absolute Gasteiger partial charge is 0.306 e. The lowest BCUT2D eigenvalue weighted by molar-refractivity contribution is -0.141. The van der Waals surface area contributed by atoms with Gasteiger partial charge in [-0.25, -0.2) is 0 Å². The van der Waals surface area contributed by atoms with Crippen LogP contribution in [0.3, 0.4) is 0 Å². The summed E-state index contributed by atoms with van der Waals surface area (Å²) in [6, 6.07) is 18.2. The molecule has 1 atom stereocenters. The molecule has 3 aromatic rings. The second-order valence-corrected chi connectivity index (χ2v) is 8.08. The highest BCUT2D eigenvalue weighted by molar-refractivity contribution is 5.76. The van der Waals surface area contributed by atoms with Gasteiger partial charge in [0.25, 0.3) is 0 Å². The molecule has 0 bridgehead atoms. The Labute approximate surface area is 188 Å². The van der Waals surface area contributed by atoms with Gasteiger partial charge < -0.3 is 18.9 Å². The van der Waals surface area contributed by atoms with E-state index in [-0.39, 0.29) is 11.9 Å². The summed E-state index contributed by atoms with van der Waals surface area (Å²) in [5.41, 5.74) is 6.73. The fraction of sp³-hybridized carbons (Fsp3) is 0.296. The maximum atomic E-state index is 11.6. The molecule has 1 aliphatic heterocycles. The number of carbonyl (C=O) groups excluding carboxylic acids is 1. The van der Waals surface area contributed by atoms with Crippen molar-refractivity contribution in [3.05, 3.63) is 76.9 Å². The molecule has 0 spiro atoms. The summed E-state index contributed by atoms with van der Waals surface area (Å²) in [5, 5.41) is 0. The maximum absolute atomic E-state index is 11.6.